The van der Waals surface area contributed by atoms with Gasteiger partial charge in [-0.3, -0.25) is 4.79 Å². The van der Waals surface area contributed by atoms with Crippen LogP contribution in [-0.2, 0) is 0 Å². The smallest absolute Gasteiger partial charge is 0.163 e. The molecule has 0 bridgehead atoms. The van der Waals surface area contributed by atoms with E-state index in [0.717, 1.165) is 5.69 Å². The number of benzene rings is 1. The first-order valence-electron chi connectivity index (χ1n) is 5.31. The van der Waals surface area contributed by atoms with Gasteiger partial charge in [0.15, 0.2) is 11.5 Å². The fraction of sp³-hybridized carbons (Fsp3) is 0.462. The summed E-state index contributed by atoms with van der Waals surface area (Å²) in [4.78, 5) is 11.4. The van der Waals surface area contributed by atoms with Gasteiger partial charge in [-0.15, -0.1) is 0 Å². The Morgan fingerprint density at radius 2 is 1.94 bits per heavy atom. The second-order valence-electron chi connectivity index (χ2n) is 4.82. The van der Waals surface area contributed by atoms with Crippen LogP contribution in [0.5, 0.6) is 5.75 Å². The van der Waals surface area contributed by atoms with Crippen LogP contribution in [0, 0.1) is 0 Å². The second-order valence-corrected chi connectivity index (χ2v) is 4.82. The quantitative estimate of drug-likeness (QED) is 0.797. The second kappa shape index (κ2) is 4.56. The first-order valence-corrected chi connectivity index (χ1v) is 5.31. The zero-order valence-corrected chi connectivity index (χ0v) is 10.5. The fourth-order valence-corrected chi connectivity index (χ4v) is 1.54. The van der Waals surface area contributed by atoms with Crippen LogP contribution >= 0.6 is 0 Å². The maximum absolute atomic E-state index is 11.4. The van der Waals surface area contributed by atoms with Gasteiger partial charge in [-0.05, 0) is 39.8 Å². The van der Waals surface area contributed by atoms with E-state index in [9.17, 15) is 4.79 Å². The molecule has 0 saturated heterocycles. The summed E-state index contributed by atoms with van der Waals surface area (Å²) in [5.41, 5.74) is 1.39. The van der Waals surface area contributed by atoms with Gasteiger partial charge >= 0.3 is 0 Å². The number of ketones is 1. The van der Waals surface area contributed by atoms with E-state index in [1.54, 1.807) is 20.1 Å². The highest BCUT2D eigenvalue weighted by molar-refractivity contribution is 5.98. The Morgan fingerprint density at radius 3 is 2.38 bits per heavy atom. The molecule has 3 nitrogen and oxygen atoms in total. The number of nitrogens with one attached hydrogen (secondary N) is 1. The van der Waals surface area contributed by atoms with Crippen LogP contribution in [-0.4, -0.2) is 18.4 Å². The van der Waals surface area contributed by atoms with Crippen LogP contribution in [0.2, 0.25) is 0 Å². The number of hydrogen-bond donors (Lipinski definition) is 1. The van der Waals surface area contributed by atoms with Crippen molar-refractivity contribution in [1.29, 1.82) is 0 Å². The summed E-state index contributed by atoms with van der Waals surface area (Å²) in [6, 6.07) is 5.54. The standard InChI is InChI=1S/C13H19NO2/c1-9(15)10-7-6-8-11(12(10)16-5)14-13(2,3)4/h6-8,14H,1-5H3. The molecule has 1 aromatic rings. The summed E-state index contributed by atoms with van der Waals surface area (Å²) >= 11 is 0. The van der Waals surface area contributed by atoms with E-state index in [1.165, 1.54) is 0 Å². The largest absolute Gasteiger partial charge is 0.494 e. The molecule has 1 aromatic carbocycles. The van der Waals surface area contributed by atoms with E-state index in [1.807, 2.05) is 12.1 Å². The Kier molecular flexibility index (Phi) is 3.58. The molecule has 16 heavy (non-hydrogen) atoms. The van der Waals surface area contributed by atoms with Crippen LogP contribution in [0.4, 0.5) is 5.69 Å². The monoisotopic (exact) mass is 221 g/mol. The summed E-state index contributed by atoms with van der Waals surface area (Å²) in [5, 5.41) is 3.32. The molecule has 0 saturated carbocycles. The summed E-state index contributed by atoms with van der Waals surface area (Å²) in [6.07, 6.45) is 0. The lowest BCUT2D eigenvalue weighted by molar-refractivity contribution is 0.101. The molecule has 88 valence electrons. The maximum Gasteiger partial charge on any atom is 0.163 e. The van der Waals surface area contributed by atoms with Gasteiger partial charge in [-0.25, -0.2) is 0 Å². The number of anilines is 1. The van der Waals surface area contributed by atoms with Crippen molar-refractivity contribution in [2.24, 2.45) is 0 Å². The molecule has 0 aliphatic carbocycles. The third kappa shape index (κ3) is 2.99. The van der Waals surface area contributed by atoms with Crippen LogP contribution < -0.4 is 10.1 Å². The minimum atomic E-state index is -0.0668. The third-order valence-corrected chi connectivity index (χ3v) is 2.11. The molecule has 0 aromatic heterocycles. The van der Waals surface area contributed by atoms with Crippen LogP contribution in [0.25, 0.3) is 0 Å². The maximum atomic E-state index is 11.4. The lowest BCUT2D eigenvalue weighted by Crippen LogP contribution is -2.26. The number of ether oxygens (including phenoxy) is 1. The third-order valence-electron chi connectivity index (χ3n) is 2.11. The molecular weight excluding hydrogens is 202 g/mol. The van der Waals surface area contributed by atoms with Crippen molar-refractivity contribution < 1.29 is 9.53 Å². The highest BCUT2D eigenvalue weighted by Gasteiger charge is 2.16. The summed E-state index contributed by atoms with van der Waals surface area (Å²) < 4.78 is 5.30. The Balaban J connectivity index is 3.19. The molecule has 0 atom stereocenters. The van der Waals surface area contributed by atoms with Gasteiger partial charge in [0.25, 0.3) is 0 Å². The number of carbonyl (C=O) groups is 1. The average molecular weight is 221 g/mol. The minimum absolute atomic E-state index is 0.00871. The van der Waals surface area contributed by atoms with E-state index in [2.05, 4.69) is 26.1 Å². The lowest BCUT2D eigenvalue weighted by Gasteiger charge is -2.24. The van der Waals surface area contributed by atoms with Crippen molar-refractivity contribution in [2.75, 3.05) is 12.4 Å². The van der Waals surface area contributed by atoms with Crippen molar-refractivity contribution in [2.45, 2.75) is 33.2 Å². The zero-order chi connectivity index (χ0) is 12.3. The van der Waals surface area contributed by atoms with Gasteiger partial charge in [-0.1, -0.05) is 6.07 Å². The SMILES string of the molecule is COc1c(NC(C)(C)C)cccc1C(C)=O. The summed E-state index contributed by atoms with van der Waals surface area (Å²) in [6.45, 7) is 7.73. The summed E-state index contributed by atoms with van der Waals surface area (Å²) in [7, 11) is 1.58. The molecular formula is C13H19NO2. The molecule has 0 aliphatic heterocycles. The fourth-order valence-electron chi connectivity index (χ4n) is 1.54. The van der Waals surface area contributed by atoms with E-state index < -0.39 is 0 Å². The predicted molar refractivity (Wildman–Crippen MR) is 66.4 cm³/mol. The number of hydrogen-bond acceptors (Lipinski definition) is 3. The molecule has 0 amide bonds. The number of rotatable bonds is 3. The molecule has 0 fully saturated rings. The van der Waals surface area contributed by atoms with Gasteiger partial charge < -0.3 is 10.1 Å². The number of Topliss-reactive ketones (excluding diaryl/α,β-unsaturated/α-hetero) is 1. The Hall–Kier alpha value is -1.51. The zero-order valence-electron chi connectivity index (χ0n) is 10.5. The molecule has 0 aliphatic rings. The van der Waals surface area contributed by atoms with Gasteiger partial charge in [0.1, 0.15) is 0 Å². The first kappa shape index (κ1) is 12.6. The topological polar surface area (TPSA) is 38.3 Å². The van der Waals surface area contributed by atoms with E-state index in [-0.39, 0.29) is 11.3 Å². The number of methoxy groups -OCH3 is 1. The van der Waals surface area contributed by atoms with Gasteiger partial charge in [0.2, 0.25) is 0 Å². The van der Waals surface area contributed by atoms with Crippen molar-refractivity contribution >= 4 is 11.5 Å². The van der Waals surface area contributed by atoms with Crippen LogP contribution in [0.3, 0.4) is 0 Å². The number of carbonyl (C=O) groups excluding carboxylic acids is 1. The molecule has 0 heterocycles. The predicted octanol–water partition coefficient (Wildman–Crippen LogP) is 3.11. The van der Waals surface area contributed by atoms with E-state index in [4.69, 9.17) is 4.74 Å². The lowest BCUT2D eigenvalue weighted by atomic mass is 10.1. The van der Waals surface area contributed by atoms with Gasteiger partial charge in [0.05, 0.1) is 18.4 Å². The number of para-hydroxylation sites is 1. The molecule has 3 heteroatoms. The Morgan fingerprint density at radius 1 is 1.31 bits per heavy atom. The molecule has 0 spiro atoms. The molecule has 0 unspecified atom stereocenters. The normalized spacial score (nSPS) is 11.1. The molecule has 1 rings (SSSR count). The van der Waals surface area contributed by atoms with Crippen molar-refractivity contribution in [3.05, 3.63) is 23.8 Å². The van der Waals surface area contributed by atoms with Crippen molar-refractivity contribution in [3.63, 3.8) is 0 Å². The van der Waals surface area contributed by atoms with E-state index >= 15 is 0 Å². The molecule has 0 radical (unpaired) electrons. The van der Waals surface area contributed by atoms with Gasteiger partial charge in [0, 0.05) is 5.54 Å². The highest BCUT2D eigenvalue weighted by atomic mass is 16.5. The van der Waals surface area contributed by atoms with E-state index in [0.29, 0.717) is 11.3 Å². The Bertz CT molecular complexity index is 391. The molecule has 1 N–H and O–H groups in total. The van der Waals surface area contributed by atoms with Gasteiger partial charge in [-0.2, -0.15) is 0 Å². The highest BCUT2D eigenvalue weighted by Crippen LogP contribution is 2.31. The van der Waals surface area contributed by atoms with Crippen molar-refractivity contribution in [3.8, 4) is 5.75 Å². The Labute approximate surface area is 96.8 Å². The minimum Gasteiger partial charge on any atom is -0.494 e. The average Bonchev–Trinajstić information content (AvgIpc) is 2.14. The van der Waals surface area contributed by atoms with Crippen LogP contribution in [0.1, 0.15) is 38.1 Å². The summed E-state index contributed by atoms with van der Waals surface area (Å²) in [5.74, 6) is 0.624. The van der Waals surface area contributed by atoms with Crippen LogP contribution in [0.15, 0.2) is 18.2 Å². The van der Waals surface area contributed by atoms with Crippen molar-refractivity contribution in [1.82, 2.24) is 0 Å². The first-order chi connectivity index (χ1) is 7.35.